The predicted molar refractivity (Wildman–Crippen MR) is 81.5 cm³/mol. The minimum atomic E-state index is 0. The summed E-state index contributed by atoms with van der Waals surface area (Å²) in [6.07, 6.45) is 1.27. The van der Waals surface area contributed by atoms with Crippen LogP contribution in [0, 0.1) is 13.8 Å². The lowest BCUT2D eigenvalue weighted by Gasteiger charge is -2.06. The molecule has 1 amide bonds. The average molecular weight is 308 g/mol. The molecule has 110 valence electrons. The molecule has 0 aliphatic carbocycles. The van der Waals surface area contributed by atoms with E-state index in [4.69, 9.17) is 0 Å². The zero-order valence-electron chi connectivity index (χ0n) is 11.6. The van der Waals surface area contributed by atoms with Gasteiger partial charge in [-0.05, 0) is 33.9 Å². The van der Waals surface area contributed by atoms with Crippen molar-refractivity contribution in [2.45, 2.75) is 33.2 Å². The number of aryl methyl sites for hydroxylation is 1. The van der Waals surface area contributed by atoms with Crippen LogP contribution in [0.15, 0.2) is 4.79 Å². The van der Waals surface area contributed by atoms with Gasteiger partial charge in [0, 0.05) is 30.1 Å². The van der Waals surface area contributed by atoms with Crippen molar-refractivity contribution in [3.05, 3.63) is 20.2 Å². The molecule has 0 saturated carbocycles. The van der Waals surface area contributed by atoms with Crippen molar-refractivity contribution < 1.29 is 4.79 Å². The molecule has 0 spiro atoms. The third-order valence-electron chi connectivity index (χ3n) is 2.86. The van der Waals surface area contributed by atoms with Crippen molar-refractivity contribution in [2.75, 3.05) is 20.1 Å². The second kappa shape index (κ2) is 9.12. The molecular weight excluding hydrogens is 286 g/mol. The van der Waals surface area contributed by atoms with Crippen LogP contribution in [-0.4, -0.2) is 30.6 Å². The average Bonchev–Trinajstić information content (AvgIpc) is 2.57. The van der Waals surface area contributed by atoms with Crippen LogP contribution in [0.2, 0.25) is 0 Å². The third-order valence-corrected chi connectivity index (χ3v) is 3.86. The van der Waals surface area contributed by atoms with Gasteiger partial charge in [-0.2, -0.15) is 0 Å². The Morgan fingerprint density at radius 3 is 2.53 bits per heavy atom. The molecule has 0 fully saturated rings. The highest BCUT2D eigenvalue weighted by atomic mass is 35.5. The predicted octanol–water partition coefficient (Wildman–Crippen LogP) is 1.06. The Kier molecular flexibility index (Phi) is 8.71. The quantitative estimate of drug-likeness (QED) is 0.741. The molecule has 0 aliphatic heterocycles. The molecule has 0 bridgehead atoms. The summed E-state index contributed by atoms with van der Waals surface area (Å²) in [5, 5.41) is 5.86. The van der Waals surface area contributed by atoms with Gasteiger partial charge in [0.1, 0.15) is 0 Å². The fraction of sp³-hybridized carbons (Fsp3) is 0.667. The molecule has 0 unspecified atom stereocenters. The lowest BCUT2D eigenvalue weighted by atomic mass is 10.3. The number of hydrogen-bond donors (Lipinski definition) is 2. The van der Waals surface area contributed by atoms with Crippen LogP contribution in [0.5, 0.6) is 0 Å². The molecule has 0 saturated heterocycles. The Balaban J connectivity index is 0.00000324. The van der Waals surface area contributed by atoms with Crippen molar-refractivity contribution in [1.29, 1.82) is 0 Å². The molecule has 0 atom stereocenters. The number of hydrogen-bond acceptors (Lipinski definition) is 4. The smallest absolute Gasteiger partial charge is 0.307 e. The largest absolute Gasteiger partial charge is 0.356 e. The molecule has 0 radical (unpaired) electrons. The molecule has 1 rings (SSSR count). The maximum atomic E-state index is 11.6. The van der Waals surface area contributed by atoms with Crippen molar-refractivity contribution in [3.63, 3.8) is 0 Å². The summed E-state index contributed by atoms with van der Waals surface area (Å²) in [5.74, 6) is 0.00116. The van der Waals surface area contributed by atoms with Crippen LogP contribution < -0.4 is 15.5 Å². The molecule has 0 aromatic carbocycles. The lowest BCUT2D eigenvalue weighted by Crippen LogP contribution is -2.28. The van der Waals surface area contributed by atoms with Gasteiger partial charge in [0.15, 0.2) is 0 Å². The second-order valence-electron chi connectivity index (χ2n) is 4.22. The summed E-state index contributed by atoms with van der Waals surface area (Å²) in [6, 6.07) is 0. The molecule has 0 aliphatic rings. The van der Waals surface area contributed by atoms with Crippen LogP contribution in [-0.2, 0) is 11.3 Å². The summed E-state index contributed by atoms with van der Waals surface area (Å²) in [4.78, 5) is 24.2. The number of rotatable bonds is 7. The number of nitrogens with zero attached hydrogens (tertiary/aromatic N) is 1. The van der Waals surface area contributed by atoms with Crippen LogP contribution in [0.1, 0.15) is 23.4 Å². The van der Waals surface area contributed by atoms with Gasteiger partial charge >= 0.3 is 4.87 Å². The Hall–Kier alpha value is -0.850. The van der Waals surface area contributed by atoms with Crippen LogP contribution >= 0.6 is 23.7 Å². The highest BCUT2D eigenvalue weighted by Gasteiger charge is 2.09. The lowest BCUT2D eigenvalue weighted by molar-refractivity contribution is -0.121. The summed E-state index contributed by atoms with van der Waals surface area (Å²) in [7, 11) is 1.88. The van der Waals surface area contributed by atoms with E-state index in [2.05, 4.69) is 10.6 Å². The van der Waals surface area contributed by atoms with Gasteiger partial charge in [0.05, 0.1) is 0 Å². The molecule has 2 N–H and O–H groups in total. The number of amides is 1. The van der Waals surface area contributed by atoms with E-state index in [9.17, 15) is 9.59 Å². The molecule has 1 aromatic rings. The van der Waals surface area contributed by atoms with Crippen molar-refractivity contribution in [3.8, 4) is 0 Å². The third kappa shape index (κ3) is 5.76. The van der Waals surface area contributed by atoms with E-state index in [0.29, 0.717) is 19.5 Å². The van der Waals surface area contributed by atoms with E-state index in [-0.39, 0.29) is 23.2 Å². The van der Waals surface area contributed by atoms with Crippen molar-refractivity contribution in [1.82, 2.24) is 15.2 Å². The number of halogens is 1. The van der Waals surface area contributed by atoms with E-state index in [1.54, 1.807) is 4.57 Å². The Morgan fingerprint density at radius 2 is 2.00 bits per heavy atom. The maximum Gasteiger partial charge on any atom is 0.307 e. The zero-order chi connectivity index (χ0) is 13.5. The molecule has 19 heavy (non-hydrogen) atoms. The first-order valence-electron chi connectivity index (χ1n) is 6.14. The first-order valence-corrected chi connectivity index (χ1v) is 6.96. The first kappa shape index (κ1) is 18.1. The van der Waals surface area contributed by atoms with Crippen LogP contribution in [0.3, 0.4) is 0 Å². The van der Waals surface area contributed by atoms with Gasteiger partial charge < -0.3 is 15.2 Å². The fourth-order valence-corrected chi connectivity index (χ4v) is 2.50. The highest BCUT2D eigenvalue weighted by Crippen LogP contribution is 2.09. The highest BCUT2D eigenvalue weighted by molar-refractivity contribution is 7.09. The van der Waals surface area contributed by atoms with Crippen LogP contribution in [0.4, 0.5) is 0 Å². The standard InChI is InChI=1S/C12H21N3O2S.ClH/c1-9-10(2)18-12(17)15(9)8-5-11(16)14-7-4-6-13-3;/h13H,4-8H2,1-3H3,(H,14,16);1H. The van der Waals surface area contributed by atoms with E-state index >= 15 is 0 Å². The maximum absolute atomic E-state index is 11.6. The number of carbonyl (C=O) groups is 1. The molecule has 5 nitrogen and oxygen atoms in total. The van der Waals surface area contributed by atoms with Gasteiger partial charge in [-0.1, -0.05) is 11.3 Å². The van der Waals surface area contributed by atoms with Crippen LogP contribution in [0.25, 0.3) is 0 Å². The van der Waals surface area contributed by atoms with Gasteiger partial charge in [-0.25, -0.2) is 0 Å². The van der Waals surface area contributed by atoms with E-state index in [1.165, 1.54) is 11.3 Å². The SMILES string of the molecule is CNCCCNC(=O)CCn1c(C)c(C)sc1=O.Cl. The monoisotopic (exact) mass is 307 g/mol. The van der Waals surface area contributed by atoms with Gasteiger partial charge in [-0.3, -0.25) is 9.59 Å². The minimum absolute atomic E-state index is 0. The van der Waals surface area contributed by atoms with E-state index in [1.807, 2.05) is 20.9 Å². The van der Waals surface area contributed by atoms with Gasteiger partial charge in [0.25, 0.3) is 0 Å². The van der Waals surface area contributed by atoms with Crippen molar-refractivity contribution >= 4 is 29.7 Å². The fourth-order valence-electron chi connectivity index (χ4n) is 1.64. The van der Waals surface area contributed by atoms with Gasteiger partial charge in [-0.15, -0.1) is 12.4 Å². The number of thiazole rings is 1. The number of carbonyl (C=O) groups excluding carboxylic acids is 1. The summed E-state index contributed by atoms with van der Waals surface area (Å²) < 4.78 is 1.67. The zero-order valence-corrected chi connectivity index (χ0v) is 13.2. The molecule has 7 heteroatoms. The Morgan fingerprint density at radius 1 is 1.32 bits per heavy atom. The Bertz CT molecular complexity index is 456. The van der Waals surface area contributed by atoms with E-state index < -0.39 is 0 Å². The van der Waals surface area contributed by atoms with Crippen molar-refractivity contribution in [2.24, 2.45) is 0 Å². The number of nitrogens with one attached hydrogen (secondary N) is 2. The Labute approximate surface area is 123 Å². The minimum Gasteiger partial charge on any atom is -0.356 e. The normalized spacial score (nSPS) is 10.1. The second-order valence-corrected chi connectivity index (χ2v) is 5.38. The number of aromatic nitrogens is 1. The molecule has 1 aromatic heterocycles. The topological polar surface area (TPSA) is 63.1 Å². The summed E-state index contributed by atoms with van der Waals surface area (Å²) in [6.45, 7) is 5.87. The summed E-state index contributed by atoms with van der Waals surface area (Å²) in [5.41, 5.74) is 0.966. The van der Waals surface area contributed by atoms with E-state index in [0.717, 1.165) is 23.5 Å². The molecular formula is C12H22ClN3O2S. The summed E-state index contributed by atoms with van der Waals surface area (Å²) >= 11 is 1.24. The van der Waals surface area contributed by atoms with Gasteiger partial charge in [0.2, 0.25) is 5.91 Å². The molecule has 1 heterocycles. The first-order chi connectivity index (χ1) is 8.56.